The first-order chi connectivity index (χ1) is 17.3. The lowest BCUT2D eigenvalue weighted by Crippen LogP contribution is -2.33. The van der Waals surface area contributed by atoms with Crippen molar-refractivity contribution in [3.05, 3.63) is 66.0 Å². The van der Waals surface area contributed by atoms with Crippen molar-refractivity contribution in [3.8, 4) is 0 Å². The van der Waals surface area contributed by atoms with Gasteiger partial charge in [-0.05, 0) is 80.4 Å². The van der Waals surface area contributed by atoms with Gasteiger partial charge in [-0.25, -0.2) is 4.79 Å². The molecule has 1 aliphatic heterocycles. The summed E-state index contributed by atoms with van der Waals surface area (Å²) >= 11 is 1.42. The average molecular weight is 517 g/mol. The quantitative estimate of drug-likeness (QED) is 0.256. The van der Waals surface area contributed by atoms with E-state index in [2.05, 4.69) is 27.4 Å². The van der Waals surface area contributed by atoms with Gasteiger partial charge in [-0.3, -0.25) is 4.98 Å². The Hall–Kier alpha value is -2.78. The summed E-state index contributed by atoms with van der Waals surface area (Å²) in [4.78, 5) is 19.7. The number of carbonyl (C=O) groups is 1. The number of nitrogens with one attached hydrogen (secondary N) is 2. The van der Waals surface area contributed by atoms with Crippen molar-refractivity contribution < 1.29 is 18.0 Å². The Morgan fingerprint density at radius 3 is 2.75 bits per heavy atom. The third-order valence-electron chi connectivity index (χ3n) is 6.52. The Morgan fingerprint density at radius 1 is 1.17 bits per heavy atom. The molecule has 2 N–H and O–H groups in total. The van der Waals surface area contributed by atoms with E-state index < -0.39 is 17.8 Å². The van der Waals surface area contributed by atoms with Gasteiger partial charge in [0.25, 0.3) is 0 Å². The SMILES string of the molecule is CC1CCN(CCCSc2cc(C(F)(F)F)ccc2CNC(=O)Nc2cccc3cnccc23)CC1. The zero-order chi connectivity index (χ0) is 25.5. The molecule has 2 heterocycles. The van der Waals surface area contributed by atoms with Gasteiger partial charge >= 0.3 is 12.2 Å². The van der Waals surface area contributed by atoms with Crippen LogP contribution < -0.4 is 10.6 Å². The Morgan fingerprint density at radius 2 is 1.97 bits per heavy atom. The molecule has 36 heavy (non-hydrogen) atoms. The molecular weight excluding hydrogens is 485 g/mol. The van der Waals surface area contributed by atoms with Crippen LogP contribution in [0.25, 0.3) is 10.8 Å². The van der Waals surface area contributed by atoms with Crippen molar-refractivity contribution in [2.75, 3.05) is 30.7 Å². The van der Waals surface area contributed by atoms with Gasteiger partial charge in [-0.1, -0.05) is 25.1 Å². The second-order valence-electron chi connectivity index (χ2n) is 9.26. The zero-order valence-electron chi connectivity index (χ0n) is 20.3. The molecule has 192 valence electrons. The molecule has 5 nitrogen and oxygen atoms in total. The Kier molecular flexibility index (Phi) is 8.74. The monoisotopic (exact) mass is 516 g/mol. The molecule has 0 bridgehead atoms. The van der Waals surface area contributed by atoms with Crippen LogP contribution in [0.5, 0.6) is 0 Å². The summed E-state index contributed by atoms with van der Waals surface area (Å²) in [5.41, 5.74) is 0.631. The van der Waals surface area contributed by atoms with Crippen molar-refractivity contribution in [2.45, 2.75) is 43.8 Å². The number of nitrogens with zero attached hydrogens (tertiary/aromatic N) is 2. The zero-order valence-corrected chi connectivity index (χ0v) is 21.1. The van der Waals surface area contributed by atoms with Gasteiger partial charge in [0.1, 0.15) is 0 Å². The van der Waals surface area contributed by atoms with Crippen LogP contribution in [-0.4, -0.2) is 41.3 Å². The predicted octanol–water partition coefficient (Wildman–Crippen LogP) is 6.79. The fourth-order valence-electron chi connectivity index (χ4n) is 4.34. The van der Waals surface area contributed by atoms with Gasteiger partial charge in [0.2, 0.25) is 0 Å². The number of halogens is 3. The molecule has 0 atom stereocenters. The molecule has 1 saturated heterocycles. The Labute approximate surface area is 213 Å². The number of likely N-dealkylation sites (tertiary alicyclic amines) is 1. The van der Waals surface area contributed by atoms with E-state index in [0.717, 1.165) is 54.6 Å². The fourth-order valence-corrected chi connectivity index (χ4v) is 5.37. The Bertz CT molecular complexity index is 1170. The maximum absolute atomic E-state index is 13.3. The number of carbonyl (C=O) groups excluding carboxylic acids is 1. The largest absolute Gasteiger partial charge is 0.416 e. The lowest BCUT2D eigenvalue weighted by atomic mass is 9.99. The highest BCUT2D eigenvalue weighted by Crippen LogP contribution is 2.34. The Balaban J connectivity index is 1.37. The number of thioether (sulfide) groups is 1. The number of alkyl halides is 3. The minimum atomic E-state index is -4.41. The smallest absolute Gasteiger partial charge is 0.334 e. The van der Waals surface area contributed by atoms with Gasteiger partial charge in [-0.2, -0.15) is 13.2 Å². The van der Waals surface area contributed by atoms with Crippen LogP contribution in [0.15, 0.2) is 59.8 Å². The minimum Gasteiger partial charge on any atom is -0.334 e. The van der Waals surface area contributed by atoms with E-state index in [1.54, 1.807) is 18.5 Å². The fraction of sp³-hybridized carbons (Fsp3) is 0.407. The summed E-state index contributed by atoms with van der Waals surface area (Å²) in [5, 5.41) is 7.38. The highest BCUT2D eigenvalue weighted by Gasteiger charge is 2.31. The first kappa shape index (κ1) is 26.3. The van der Waals surface area contributed by atoms with E-state index in [4.69, 9.17) is 0 Å². The number of amides is 2. The first-order valence-electron chi connectivity index (χ1n) is 12.2. The molecule has 9 heteroatoms. The topological polar surface area (TPSA) is 57.3 Å². The average Bonchev–Trinajstić information content (AvgIpc) is 2.86. The summed E-state index contributed by atoms with van der Waals surface area (Å²) in [7, 11) is 0. The summed E-state index contributed by atoms with van der Waals surface area (Å²) in [5.74, 6) is 1.49. The number of rotatable bonds is 8. The van der Waals surface area contributed by atoms with E-state index in [0.29, 0.717) is 16.1 Å². The lowest BCUT2D eigenvalue weighted by molar-refractivity contribution is -0.137. The van der Waals surface area contributed by atoms with E-state index in [1.165, 1.54) is 36.7 Å². The van der Waals surface area contributed by atoms with Crippen molar-refractivity contribution in [2.24, 2.45) is 5.92 Å². The number of benzene rings is 2. The highest BCUT2D eigenvalue weighted by molar-refractivity contribution is 7.99. The highest BCUT2D eigenvalue weighted by atomic mass is 32.2. The van der Waals surface area contributed by atoms with Crippen LogP contribution >= 0.6 is 11.8 Å². The molecule has 0 saturated carbocycles. The molecule has 3 aromatic rings. The third kappa shape index (κ3) is 7.13. The van der Waals surface area contributed by atoms with E-state index >= 15 is 0 Å². The standard InChI is InChI=1S/C27H31F3N4OS/c1-19-9-13-34(14-10-19)12-3-15-36-25-16-22(27(28,29)30)7-6-21(25)18-32-26(35)33-24-5-2-4-20-17-31-11-8-23(20)24/h2,4-8,11,16-17,19H,3,9-10,12-15,18H2,1H3,(H2,32,33,35). The van der Waals surface area contributed by atoms with Crippen molar-refractivity contribution in [3.63, 3.8) is 0 Å². The third-order valence-corrected chi connectivity index (χ3v) is 7.70. The van der Waals surface area contributed by atoms with Gasteiger partial charge in [-0.15, -0.1) is 11.8 Å². The van der Waals surface area contributed by atoms with Gasteiger partial charge in [0, 0.05) is 34.6 Å². The predicted molar refractivity (Wildman–Crippen MR) is 139 cm³/mol. The van der Waals surface area contributed by atoms with Gasteiger partial charge < -0.3 is 15.5 Å². The summed E-state index contributed by atoms with van der Waals surface area (Å²) in [6, 6.07) is 10.7. The van der Waals surface area contributed by atoms with Crippen molar-refractivity contribution in [1.29, 1.82) is 0 Å². The molecule has 0 unspecified atom stereocenters. The maximum atomic E-state index is 13.3. The van der Waals surface area contributed by atoms with Crippen molar-refractivity contribution >= 4 is 34.3 Å². The van der Waals surface area contributed by atoms with Crippen LogP contribution in [0.2, 0.25) is 0 Å². The molecule has 2 amide bonds. The molecule has 0 spiro atoms. The molecular formula is C27H31F3N4OS. The first-order valence-corrected chi connectivity index (χ1v) is 13.2. The molecule has 0 radical (unpaired) electrons. The molecule has 1 fully saturated rings. The number of aromatic nitrogens is 1. The normalized spacial score (nSPS) is 15.2. The summed E-state index contributed by atoms with van der Waals surface area (Å²) in [6.45, 7) is 5.54. The van der Waals surface area contributed by atoms with Crippen LogP contribution in [0.4, 0.5) is 23.7 Å². The van der Waals surface area contributed by atoms with Crippen LogP contribution in [0.3, 0.4) is 0 Å². The summed E-state index contributed by atoms with van der Waals surface area (Å²) < 4.78 is 40.0. The molecule has 2 aromatic carbocycles. The second kappa shape index (κ2) is 12.0. The number of anilines is 1. The van der Waals surface area contributed by atoms with E-state index in [-0.39, 0.29) is 6.54 Å². The number of fused-ring (bicyclic) bond motifs is 1. The molecule has 0 aliphatic carbocycles. The van der Waals surface area contributed by atoms with E-state index in [1.807, 2.05) is 18.2 Å². The number of piperidine rings is 1. The number of pyridine rings is 1. The summed E-state index contributed by atoms with van der Waals surface area (Å²) in [6.07, 6.45) is 2.27. The number of hydrogen-bond donors (Lipinski definition) is 2. The lowest BCUT2D eigenvalue weighted by Gasteiger charge is -2.30. The van der Waals surface area contributed by atoms with Gasteiger partial charge in [0.05, 0.1) is 11.3 Å². The minimum absolute atomic E-state index is 0.128. The number of hydrogen-bond acceptors (Lipinski definition) is 4. The molecule has 1 aliphatic rings. The van der Waals surface area contributed by atoms with E-state index in [9.17, 15) is 18.0 Å². The maximum Gasteiger partial charge on any atom is 0.416 e. The van der Waals surface area contributed by atoms with Crippen molar-refractivity contribution in [1.82, 2.24) is 15.2 Å². The molecule has 4 rings (SSSR count). The number of urea groups is 1. The molecule has 1 aromatic heterocycles. The second-order valence-corrected chi connectivity index (χ2v) is 10.4. The van der Waals surface area contributed by atoms with Crippen LogP contribution in [-0.2, 0) is 12.7 Å². The van der Waals surface area contributed by atoms with Gasteiger partial charge in [0.15, 0.2) is 0 Å². The van der Waals surface area contributed by atoms with Crippen LogP contribution in [0, 0.1) is 5.92 Å². The van der Waals surface area contributed by atoms with Crippen LogP contribution in [0.1, 0.15) is 37.3 Å².